The van der Waals surface area contributed by atoms with Crippen LogP contribution < -0.4 is 10.6 Å². The Morgan fingerprint density at radius 3 is 2.92 bits per heavy atom. The zero-order valence-corrected chi connectivity index (χ0v) is 16.4. The third kappa shape index (κ3) is 5.67. The van der Waals surface area contributed by atoms with Crippen LogP contribution in [0.15, 0.2) is 36.8 Å². The van der Waals surface area contributed by atoms with Crippen molar-refractivity contribution in [3.8, 4) is 0 Å². The largest absolute Gasteiger partial charge is 0.314 e. The van der Waals surface area contributed by atoms with Crippen LogP contribution in [0.1, 0.15) is 24.9 Å². The summed E-state index contributed by atoms with van der Waals surface area (Å²) in [4.78, 5) is 18.9. The molecule has 1 aliphatic rings. The van der Waals surface area contributed by atoms with Gasteiger partial charge in [0.05, 0.1) is 12.7 Å². The second kappa shape index (κ2) is 11.1. The summed E-state index contributed by atoms with van der Waals surface area (Å²) in [7, 11) is 0. The molecule has 144 valence electrons. The Morgan fingerprint density at radius 1 is 1.35 bits per heavy atom. The summed E-state index contributed by atoms with van der Waals surface area (Å²) in [6.45, 7) is 5.80. The average Bonchev–Trinajstić information content (AvgIpc) is 3.03. The highest BCUT2D eigenvalue weighted by molar-refractivity contribution is 5.91. The Morgan fingerprint density at radius 2 is 2.19 bits per heavy atom. The first-order valence-electron chi connectivity index (χ1n) is 8.44. The smallest absolute Gasteiger partial charge is 0.239 e. The Kier molecular flexibility index (Phi) is 9.58. The highest BCUT2D eigenvalue weighted by Crippen LogP contribution is 2.21. The molecule has 1 aliphatic heterocycles. The topological polar surface area (TPSA) is 75.1 Å². The molecule has 0 aromatic carbocycles. The first kappa shape index (κ1) is 22.4. The lowest BCUT2D eigenvalue weighted by Crippen LogP contribution is -2.48. The summed E-state index contributed by atoms with van der Waals surface area (Å²) in [5.41, 5.74) is 1.13. The number of nitrogens with one attached hydrogen (secondary N) is 2. The lowest BCUT2D eigenvalue weighted by molar-refractivity contribution is -0.118. The zero-order valence-electron chi connectivity index (χ0n) is 14.8. The van der Waals surface area contributed by atoms with Crippen LogP contribution >= 0.6 is 24.8 Å². The lowest BCUT2D eigenvalue weighted by atomic mass is 10.1. The van der Waals surface area contributed by atoms with Crippen LogP contribution in [0.2, 0.25) is 0 Å². The fraction of sp³-hybridized carbons (Fsp3) is 0.471. The van der Waals surface area contributed by atoms with E-state index in [0.29, 0.717) is 6.54 Å². The van der Waals surface area contributed by atoms with E-state index in [1.807, 2.05) is 23.0 Å². The van der Waals surface area contributed by atoms with E-state index in [9.17, 15) is 4.79 Å². The molecule has 3 heterocycles. The van der Waals surface area contributed by atoms with Gasteiger partial charge < -0.3 is 10.6 Å². The maximum Gasteiger partial charge on any atom is 0.239 e. The Bertz CT molecular complexity index is 666. The quantitative estimate of drug-likeness (QED) is 0.776. The molecule has 3 rings (SSSR count). The van der Waals surface area contributed by atoms with Crippen LogP contribution in [0.25, 0.3) is 0 Å². The van der Waals surface area contributed by atoms with Gasteiger partial charge in [0.2, 0.25) is 5.91 Å². The van der Waals surface area contributed by atoms with Crippen molar-refractivity contribution in [1.82, 2.24) is 25.0 Å². The van der Waals surface area contributed by atoms with Crippen molar-refractivity contribution < 1.29 is 4.79 Å². The summed E-state index contributed by atoms with van der Waals surface area (Å²) in [6.07, 6.45) is 6.34. The normalized spacial score (nSPS) is 17.0. The SMILES string of the molecule is CCCn1nccc1NC(=O)CN1CCNCC1c1cccnc1.Cl.Cl. The maximum absolute atomic E-state index is 12.5. The fourth-order valence-corrected chi connectivity index (χ4v) is 3.03. The number of halogens is 2. The molecule has 1 fully saturated rings. The zero-order chi connectivity index (χ0) is 16.8. The minimum absolute atomic E-state index is 0. The van der Waals surface area contributed by atoms with Gasteiger partial charge in [-0.3, -0.25) is 14.7 Å². The number of carbonyl (C=O) groups is 1. The highest BCUT2D eigenvalue weighted by Gasteiger charge is 2.25. The van der Waals surface area contributed by atoms with E-state index in [4.69, 9.17) is 0 Å². The van der Waals surface area contributed by atoms with Crippen molar-refractivity contribution in [2.24, 2.45) is 0 Å². The molecule has 1 atom stereocenters. The van der Waals surface area contributed by atoms with Gasteiger partial charge in [-0.05, 0) is 18.1 Å². The van der Waals surface area contributed by atoms with Crippen molar-refractivity contribution >= 4 is 36.5 Å². The Hall–Kier alpha value is -1.67. The first-order valence-corrected chi connectivity index (χ1v) is 8.44. The van der Waals surface area contributed by atoms with Crippen LogP contribution in [0.4, 0.5) is 5.82 Å². The number of nitrogens with zero attached hydrogens (tertiary/aromatic N) is 4. The average molecular weight is 401 g/mol. The van der Waals surface area contributed by atoms with Crippen LogP contribution in [0.5, 0.6) is 0 Å². The second-order valence-electron chi connectivity index (χ2n) is 5.96. The summed E-state index contributed by atoms with van der Waals surface area (Å²) in [5, 5.41) is 10.6. The Balaban J connectivity index is 0.00000169. The number of amides is 1. The summed E-state index contributed by atoms with van der Waals surface area (Å²) in [5.74, 6) is 0.749. The standard InChI is InChI=1S/C17H24N6O.2ClH/c1-2-9-23-16(5-7-20-23)21-17(24)13-22-10-8-19-12-15(22)14-4-3-6-18-11-14;;/h3-7,11,15,19H,2,8-10,12-13H2,1H3,(H,21,24);2*1H. The third-order valence-corrected chi connectivity index (χ3v) is 4.19. The molecule has 0 saturated carbocycles. The summed E-state index contributed by atoms with van der Waals surface area (Å²) in [6, 6.07) is 6.00. The summed E-state index contributed by atoms with van der Waals surface area (Å²) < 4.78 is 1.83. The molecule has 2 aromatic rings. The number of pyridine rings is 1. The third-order valence-electron chi connectivity index (χ3n) is 4.19. The molecular weight excluding hydrogens is 375 g/mol. The van der Waals surface area contributed by atoms with E-state index >= 15 is 0 Å². The highest BCUT2D eigenvalue weighted by atomic mass is 35.5. The van der Waals surface area contributed by atoms with E-state index in [-0.39, 0.29) is 36.8 Å². The minimum Gasteiger partial charge on any atom is -0.314 e. The lowest BCUT2D eigenvalue weighted by Gasteiger charge is -2.35. The van der Waals surface area contributed by atoms with Crippen molar-refractivity contribution in [3.05, 3.63) is 42.4 Å². The van der Waals surface area contributed by atoms with Crippen LogP contribution in [0, 0.1) is 0 Å². The van der Waals surface area contributed by atoms with Crippen LogP contribution in [-0.2, 0) is 11.3 Å². The van der Waals surface area contributed by atoms with Gasteiger partial charge in [0.25, 0.3) is 0 Å². The predicted molar refractivity (Wildman–Crippen MR) is 107 cm³/mol. The number of piperazine rings is 1. The van der Waals surface area contributed by atoms with Gasteiger partial charge >= 0.3 is 0 Å². The summed E-state index contributed by atoms with van der Waals surface area (Å²) >= 11 is 0. The molecule has 2 N–H and O–H groups in total. The molecule has 0 aliphatic carbocycles. The van der Waals surface area contributed by atoms with E-state index in [1.165, 1.54) is 0 Å². The first-order chi connectivity index (χ1) is 11.8. The van der Waals surface area contributed by atoms with Gasteiger partial charge in [0.1, 0.15) is 5.82 Å². The van der Waals surface area contributed by atoms with Crippen molar-refractivity contribution in [3.63, 3.8) is 0 Å². The molecule has 2 aromatic heterocycles. The van der Waals surface area contributed by atoms with Gasteiger partial charge in [0, 0.05) is 50.7 Å². The van der Waals surface area contributed by atoms with Crippen LogP contribution in [0.3, 0.4) is 0 Å². The molecule has 1 amide bonds. The molecule has 0 radical (unpaired) electrons. The molecule has 26 heavy (non-hydrogen) atoms. The van der Waals surface area contributed by atoms with Crippen LogP contribution in [-0.4, -0.2) is 51.8 Å². The van der Waals surface area contributed by atoms with E-state index < -0.39 is 0 Å². The number of aromatic nitrogens is 3. The van der Waals surface area contributed by atoms with Crippen molar-refractivity contribution in [2.75, 3.05) is 31.5 Å². The number of hydrogen-bond donors (Lipinski definition) is 2. The fourth-order valence-electron chi connectivity index (χ4n) is 3.03. The molecule has 9 heteroatoms. The van der Waals surface area contributed by atoms with Gasteiger partial charge in [-0.2, -0.15) is 5.10 Å². The molecule has 1 saturated heterocycles. The van der Waals surface area contributed by atoms with Crippen molar-refractivity contribution in [1.29, 1.82) is 0 Å². The number of anilines is 1. The van der Waals surface area contributed by atoms with E-state index in [2.05, 4.69) is 38.6 Å². The number of rotatable bonds is 6. The predicted octanol–water partition coefficient (Wildman–Crippen LogP) is 2.12. The minimum atomic E-state index is -0.0105. The maximum atomic E-state index is 12.5. The molecular formula is C17H26Cl2N6O. The van der Waals surface area contributed by atoms with E-state index in [1.54, 1.807) is 12.4 Å². The molecule has 7 nitrogen and oxygen atoms in total. The Labute approximate surface area is 166 Å². The second-order valence-corrected chi connectivity index (χ2v) is 5.96. The van der Waals surface area contributed by atoms with E-state index in [0.717, 1.165) is 44.0 Å². The molecule has 1 unspecified atom stereocenters. The van der Waals surface area contributed by atoms with Crippen molar-refractivity contribution in [2.45, 2.75) is 25.9 Å². The van der Waals surface area contributed by atoms with Gasteiger partial charge in [-0.25, -0.2) is 4.68 Å². The monoisotopic (exact) mass is 400 g/mol. The number of carbonyl (C=O) groups excluding carboxylic acids is 1. The van der Waals surface area contributed by atoms with Gasteiger partial charge in [0.15, 0.2) is 0 Å². The molecule has 0 spiro atoms. The number of aryl methyl sites for hydroxylation is 1. The number of hydrogen-bond acceptors (Lipinski definition) is 5. The van der Waals surface area contributed by atoms with Gasteiger partial charge in [-0.1, -0.05) is 13.0 Å². The molecule has 0 bridgehead atoms. The van der Waals surface area contributed by atoms with Gasteiger partial charge in [-0.15, -0.1) is 24.8 Å².